The number of anilines is 1. The molecule has 0 aromatic heterocycles. The lowest BCUT2D eigenvalue weighted by molar-refractivity contribution is 0.0953. The Balaban J connectivity index is 1.82. The molecule has 3 N–H and O–H groups in total. The van der Waals surface area contributed by atoms with Crippen LogP contribution in [0.5, 0.6) is 0 Å². The van der Waals surface area contributed by atoms with Crippen molar-refractivity contribution in [2.24, 2.45) is 0 Å². The Morgan fingerprint density at radius 3 is 2.54 bits per heavy atom. The second-order valence-electron chi connectivity index (χ2n) is 5.76. The van der Waals surface area contributed by atoms with Crippen molar-refractivity contribution in [2.45, 2.75) is 19.1 Å². The highest BCUT2D eigenvalue weighted by Gasteiger charge is 2.13. The number of carbonyl (C=O) groups excluding carboxylic acids is 1. The molecule has 0 fully saturated rings. The Bertz CT molecular complexity index is 802. The highest BCUT2D eigenvalue weighted by Crippen LogP contribution is 2.12. The maximum absolute atomic E-state index is 12.1. The average molecular weight is 346 g/mol. The Morgan fingerprint density at radius 2 is 1.83 bits per heavy atom. The molecule has 0 bridgehead atoms. The van der Waals surface area contributed by atoms with E-state index in [1.165, 1.54) is 0 Å². The van der Waals surface area contributed by atoms with Gasteiger partial charge in [-0.3, -0.25) is 4.79 Å². The fourth-order valence-corrected chi connectivity index (χ4v) is 3.80. The molecule has 6 heteroatoms. The van der Waals surface area contributed by atoms with Gasteiger partial charge < -0.3 is 11.1 Å². The fourth-order valence-electron chi connectivity index (χ4n) is 2.37. The molecule has 0 unspecified atom stereocenters. The van der Waals surface area contributed by atoms with Crippen molar-refractivity contribution >= 4 is 21.4 Å². The van der Waals surface area contributed by atoms with Gasteiger partial charge in [-0.05, 0) is 36.6 Å². The Labute approximate surface area is 142 Å². The molecule has 0 heterocycles. The summed E-state index contributed by atoms with van der Waals surface area (Å²) in [5.74, 6) is -0.172. The van der Waals surface area contributed by atoms with Gasteiger partial charge in [-0.2, -0.15) is 0 Å². The van der Waals surface area contributed by atoms with Crippen LogP contribution in [0.4, 0.5) is 5.69 Å². The minimum atomic E-state index is -3.18. The van der Waals surface area contributed by atoms with Gasteiger partial charge >= 0.3 is 0 Å². The molecule has 2 rings (SSSR count). The van der Waals surface area contributed by atoms with Gasteiger partial charge in [0.05, 0.1) is 11.5 Å². The highest BCUT2D eigenvalue weighted by molar-refractivity contribution is 7.90. The monoisotopic (exact) mass is 346 g/mol. The zero-order chi connectivity index (χ0) is 17.6. The lowest BCUT2D eigenvalue weighted by Crippen LogP contribution is -2.27. The van der Waals surface area contributed by atoms with Crippen LogP contribution >= 0.6 is 0 Å². The minimum absolute atomic E-state index is 0.0239. The van der Waals surface area contributed by atoms with Crippen LogP contribution in [0.25, 0.3) is 0 Å². The van der Waals surface area contributed by atoms with E-state index >= 15 is 0 Å². The van der Waals surface area contributed by atoms with E-state index in [9.17, 15) is 13.2 Å². The first-order valence-corrected chi connectivity index (χ1v) is 9.58. The third kappa shape index (κ3) is 5.38. The number of nitrogen functional groups attached to an aromatic ring is 1. The lowest BCUT2D eigenvalue weighted by atomic mass is 10.1. The molecular formula is C18H22N2O3S. The average Bonchev–Trinajstić information content (AvgIpc) is 2.54. The van der Waals surface area contributed by atoms with Gasteiger partial charge in [0, 0.05) is 17.8 Å². The van der Waals surface area contributed by atoms with Gasteiger partial charge in [0.25, 0.3) is 5.91 Å². The van der Waals surface area contributed by atoms with E-state index in [1.807, 2.05) is 25.1 Å². The molecular weight excluding hydrogens is 324 g/mol. The maximum Gasteiger partial charge on any atom is 0.251 e. The van der Waals surface area contributed by atoms with Crippen LogP contribution in [-0.4, -0.2) is 26.6 Å². The van der Waals surface area contributed by atoms with Crippen LogP contribution < -0.4 is 11.1 Å². The van der Waals surface area contributed by atoms with Gasteiger partial charge in [-0.15, -0.1) is 0 Å². The van der Waals surface area contributed by atoms with Crippen molar-refractivity contribution in [3.05, 3.63) is 65.2 Å². The topological polar surface area (TPSA) is 89.3 Å². The van der Waals surface area contributed by atoms with Crippen molar-refractivity contribution in [1.82, 2.24) is 5.32 Å². The standard InChI is InChI=1S/C18H22N2O3S/c1-14-8-9-16(19)12-17(14)18(21)20-10-5-11-24(22,23)13-15-6-3-2-4-7-15/h2-4,6-9,12H,5,10-11,13,19H2,1H3,(H,20,21). The molecule has 0 saturated heterocycles. The third-order valence-electron chi connectivity index (χ3n) is 3.65. The fraction of sp³-hybridized carbons (Fsp3) is 0.278. The first kappa shape index (κ1) is 18.0. The second-order valence-corrected chi connectivity index (χ2v) is 7.95. The molecule has 24 heavy (non-hydrogen) atoms. The minimum Gasteiger partial charge on any atom is -0.399 e. The van der Waals surface area contributed by atoms with Gasteiger partial charge in [-0.1, -0.05) is 36.4 Å². The van der Waals surface area contributed by atoms with Crippen LogP contribution in [-0.2, 0) is 15.6 Å². The summed E-state index contributed by atoms with van der Waals surface area (Å²) in [5, 5.41) is 2.74. The van der Waals surface area contributed by atoms with Crippen molar-refractivity contribution in [3.63, 3.8) is 0 Å². The molecule has 0 saturated carbocycles. The number of carbonyl (C=O) groups is 1. The van der Waals surface area contributed by atoms with Crippen LogP contribution in [0.1, 0.15) is 27.9 Å². The summed E-state index contributed by atoms with van der Waals surface area (Å²) < 4.78 is 24.2. The summed E-state index contributed by atoms with van der Waals surface area (Å²) in [6.07, 6.45) is 0.377. The van der Waals surface area contributed by atoms with Crippen molar-refractivity contribution in [2.75, 3.05) is 18.0 Å². The number of aryl methyl sites for hydroxylation is 1. The lowest BCUT2D eigenvalue weighted by Gasteiger charge is -2.09. The quantitative estimate of drug-likeness (QED) is 0.595. The number of rotatable bonds is 7. The molecule has 0 spiro atoms. The molecule has 0 atom stereocenters. The Hall–Kier alpha value is -2.34. The van der Waals surface area contributed by atoms with Crippen molar-refractivity contribution in [1.29, 1.82) is 0 Å². The molecule has 1 amide bonds. The van der Waals surface area contributed by atoms with Crippen molar-refractivity contribution in [3.8, 4) is 0 Å². The molecule has 0 aliphatic carbocycles. The van der Waals surface area contributed by atoms with Gasteiger partial charge in [0.15, 0.2) is 9.84 Å². The van der Waals surface area contributed by atoms with E-state index in [0.717, 1.165) is 11.1 Å². The van der Waals surface area contributed by atoms with Gasteiger partial charge in [-0.25, -0.2) is 8.42 Å². The summed E-state index contributed by atoms with van der Waals surface area (Å²) in [5.41, 5.74) is 8.34. The first-order valence-electron chi connectivity index (χ1n) is 7.76. The normalized spacial score (nSPS) is 11.2. The predicted octanol–water partition coefficient (Wildman–Crippen LogP) is 2.31. The van der Waals surface area contributed by atoms with E-state index < -0.39 is 9.84 Å². The molecule has 128 valence electrons. The Morgan fingerprint density at radius 1 is 1.12 bits per heavy atom. The second kappa shape index (κ2) is 7.97. The Kier molecular flexibility index (Phi) is 5.98. The van der Waals surface area contributed by atoms with E-state index in [0.29, 0.717) is 24.2 Å². The zero-order valence-corrected chi connectivity index (χ0v) is 14.5. The summed E-state index contributed by atoms with van der Waals surface area (Å²) >= 11 is 0. The molecule has 0 radical (unpaired) electrons. The van der Waals surface area contributed by atoms with Crippen LogP contribution in [0.2, 0.25) is 0 Å². The molecule has 2 aromatic rings. The molecule has 5 nitrogen and oxygen atoms in total. The van der Waals surface area contributed by atoms with E-state index in [4.69, 9.17) is 5.73 Å². The SMILES string of the molecule is Cc1ccc(N)cc1C(=O)NCCCS(=O)(=O)Cc1ccccc1. The van der Waals surface area contributed by atoms with E-state index in [2.05, 4.69) is 5.32 Å². The van der Waals surface area contributed by atoms with Crippen LogP contribution in [0, 0.1) is 6.92 Å². The van der Waals surface area contributed by atoms with Crippen LogP contribution in [0.15, 0.2) is 48.5 Å². The molecule has 0 aliphatic heterocycles. The number of hydrogen-bond acceptors (Lipinski definition) is 4. The number of hydrogen-bond donors (Lipinski definition) is 2. The summed E-state index contributed by atoms with van der Waals surface area (Å²) in [7, 11) is -3.18. The third-order valence-corrected chi connectivity index (χ3v) is 5.34. The molecule has 0 aliphatic rings. The van der Waals surface area contributed by atoms with Crippen molar-refractivity contribution < 1.29 is 13.2 Å². The smallest absolute Gasteiger partial charge is 0.251 e. The number of nitrogens with one attached hydrogen (secondary N) is 1. The number of benzene rings is 2. The van der Waals surface area contributed by atoms with Crippen LogP contribution in [0.3, 0.4) is 0 Å². The highest BCUT2D eigenvalue weighted by atomic mass is 32.2. The summed E-state index contributed by atoms with van der Waals surface area (Å²) in [4.78, 5) is 12.1. The largest absolute Gasteiger partial charge is 0.399 e. The first-order chi connectivity index (χ1) is 11.4. The predicted molar refractivity (Wildman–Crippen MR) is 96.5 cm³/mol. The van der Waals surface area contributed by atoms with E-state index in [-0.39, 0.29) is 17.4 Å². The summed E-state index contributed by atoms with van der Waals surface area (Å²) in [6, 6.07) is 14.2. The van der Waals surface area contributed by atoms with Gasteiger partial charge in [0.2, 0.25) is 0 Å². The molecule has 2 aromatic carbocycles. The number of sulfone groups is 1. The number of nitrogens with two attached hydrogens (primary N) is 1. The maximum atomic E-state index is 12.1. The zero-order valence-electron chi connectivity index (χ0n) is 13.7. The van der Waals surface area contributed by atoms with E-state index in [1.54, 1.807) is 30.3 Å². The van der Waals surface area contributed by atoms with Gasteiger partial charge in [0.1, 0.15) is 0 Å². The number of amides is 1. The summed E-state index contributed by atoms with van der Waals surface area (Å²) in [6.45, 7) is 2.14.